The van der Waals surface area contributed by atoms with E-state index < -0.39 is 11.6 Å². The molecule has 4 aromatic rings. The molecule has 1 saturated carbocycles. The standard InChI is InChI=1S/C26H21F2N3O3/c1-34-26(33)16-10-18(11-16)29-25(32)15-8-9-31-14-23(30-24(31)12-15)21-5-3-2-4-19(21)20-7-6-17(27)13-22(20)28/h2-9,12-14,16,18H,10-11H2,1H3,(H,29,32). The lowest BCUT2D eigenvalue weighted by Crippen LogP contribution is -2.47. The van der Waals surface area contributed by atoms with E-state index in [1.807, 2.05) is 12.1 Å². The number of amides is 1. The number of nitrogens with one attached hydrogen (secondary N) is 1. The van der Waals surface area contributed by atoms with E-state index in [9.17, 15) is 18.4 Å². The van der Waals surface area contributed by atoms with Crippen LogP contribution in [0.3, 0.4) is 0 Å². The van der Waals surface area contributed by atoms with Crippen LogP contribution in [-0.4, -0.2) is 34.4 Å². The van der Waals surface area contributed by atoms with Crippen molar-refractivity contribution in [1.82, 2.24) is 14.7 Å². The monoisotopic (exact) mass is 461 g/mol. The summed E-state index contributed by atoms with van der Waals surface area (Å²) in [5.41, 5.74) is 3.15. The van der Waals surface area contributed by atoms with Gasteiger partial charge in [-0.3, -0.25) is 9.59 Å². The number of esters is 1. The van der Waals surface area contributed by atoms with Gasteiger partial charge in [-0.1, -0.05) is 24.3 Å². The predicted octanol–water partition coefficient (Wildman–Crippen LogP) is 4.63. The summed E-state index contributed by atoms with van der Waals surface area (Å²) in [5.74, 6) is -1.95. The van der Waals surface area contributed by atoms with Crippen LogP contribution in [0, 0.1) is 17.6 Å². The largest absolute Gasteiger partial charge is 0.469 e. The van der Waals surface area contributed by atoms with Gasteiger partial charge < -0.3 is 14.5 Å². The van der Waals surface area contributed by atoms with Gasteiger partial charge in [0.05, 0.1) is 18.7 Å². The second-order valence-electron chi connectivity index (χ2n) is 8.34. The molecule has 0 unspecified atom stereocenters. The summed E-state index contributed by atoms with van der Waals surface area (Å²) in [6.07, 6.45) is 4.65. The van der Waals surface area contributed by atoms with Gasteiger partial charge in [0, 0.05) is 41.2 Å². The van der Waals surface area contributed by atoms with Gasteiger partial charge in [-0.15, -0.1) is 0 Å². The Bertz CT molecular complexity index is 1410. The van der Waals surface area contributed by atoms with Gasteiger partial charge in [-0.05, 0) is 42.7 Å². The Morgan fingerprint density at radius 3 is 2.53 bits per heavy atom. The summed E-state index contributed by atoms with van der Waals surface area (Å²) in [4.78, 5) is 28.9. The van der Waals surface area contributed by atoms with Crippen molar-refractivity contribution in [2.75, 3.05) is 7.11 Å². The van der Waals surface area contributed by atoms with Crippen LogP contribution in [-0.2, 0) is 9.53 Å². The Labute approximate surface area is 194 Å². The Morgan fingerprint density at radius 1 is 1.03 bits per heavy atom. The van der Waals surface area contributed by atoms with Crippen LogP contribution in [0.25, 0.3) is 28.0 Å². The molecule has 2 heterocycles. The predicted molar refractivity (Wildman–Crippen MR) is 122 cm³/mol. The molecule has 1 fully saturated rings. The highest BCUT2D eigenvalue weighted by molar-refractivity contribution is 5.95. The number of carbonyl (C=O) groups excluding carboxylic acids is 2. The number of ether oxygens (including phenoxy) is 1. The fraction of sp³-hybridized carbons (Fsp3) is 0.192. The van der Waals surface area contributed by atoms with Gasteiger partial charge in [-0.25, -0.2) is 13.8 Å². The minimum atomic E-state index is -0.652. The molecule has 5 rings (SSSR count). The average Bonchev–Trinajstić information content (AvgIpc) is 3.24. The molecule has 1 amide bonds. The number of aromatic nitrogens is 2. The highest BCUT2D eigenvalue weighted by Crippen LogP contribution is 2.33. The fourth-order valence-electron chi connectivity index (χ4n) is 4.27. The number of imidazole rings is 1. The lowest BCUT2D eigenvalue weighted by atomic mass is 9.80. The fourth-order valence-corrected chi connectivity index (χ4v) is 4.27. The normalized spacial score (nSPS) is 17.3. The van der Waals surface area contributed by atoms with Crippen molar-refractivity contribution in [1.29, 1.82) is 0 Å². The second-order valence-corrected chi connectivity index (χ2v) is 8.34. The van der Waals surface area contributed by atoms with Crippen LogP contribution in [0.2, 0.25) is 0 Å². The van der Waals surface area contributed by atoms with Gasteiger partial charge in [0.2, 0.25) is 0 Å². The van der Waals surface area contributed by atoms with Crippen LogP contribution in [0.1, 0.15) is 23.2 Å². The number of hydrogen-bond donors (Lipinski definition) is 1. The van der Waals surface area contributed by atoms with Crippen LogP contribution in [0.5, 0.6) is 0 Å². The maximum Gasteiger partial charge on any atom is 0.308 e. The van der Waals surface area contributed by atoms with E-state index in [1.165, 1.54) is 19.2 Å². The smallest absolute Gasteiger partial charge is 0.308 e. The maximum absolute atomic E-state index is 14.5. The van der Waals surface area contributed by atoms with E-state index in [0.29, 0.717) is 40.9 Å². The highest BCUT2D eigenvalue weighted by atomic mass is 19.1. The molecule has 1 aliphatic rings. The lowest BCUT2D eigenvalue weighted by Gasteiger charge is -2.33. The van der Waals surface area contributed by atoms with Crippen molar-refractivity contribution in [3.63, 3.8) is 0 Å². The third kappa shape index (κ3) is 4.03. The number of nitrogens with zero attached hydrogens (tertiary/aromatic N) is 2. The summed E-state index contributed by atoms with van der Waals surface area (Å²) in [6.45, 7) is 0. The molecule has 0 bridgehead atoms. The summed E-state index contributed by atoms with van der Waals surface area (Å²) in [5, 5.41) is 2.93. The van der Waals surface area contributed by atoms with Gasteiger partial charge in [0.1, 0.15) is 17.3 Å². The SMILES string of the molecule is COC(=O)C1CC(NC(=O)c2ccn3cc(-c4ccccc4-c4ccc(F)cc4F)nc3c2)C1. The first-order valence-corrected chi connectivity index (χ1v) is 10.8. The summed E-state index contributed by atoms with van der Waals surface area (Å²) in [6, 6.07) is 14.0. The van der Waals surface area contributed by atoms with Gasteiger partial charge >= 0.3 is 5.97 Å². The van der Waals surface area contributed by atoms with Crippen molar-refractivity contribution < 1.29 is 23.1 Å². The zero-order valence-electron chi connectivity index (χ0n) is 18.3. The lowest BCUT2D eigenvalue weighted by molar-refractivity contribution is -0.149. The molecule has 1 aliphatic carbocycles. The van der Waals surface area contributed by atoms with Gasteiger partial charge in [0.15, 0.2) is 0 Å². The van der Waals surface area contributed by atoms with E-state index in [-0.39, 0.29) is 29.4 Å². The number of carbonyl (C=O) groups is 2. The summed E-state index contributed by atoms with van der Waals surface area (Å²) >= 11 is 0. The first kappa shape index (κ1) is 21.8. The molecule has 0 spiro atoms. The average molecular weight is 461 g/mol. The van der Waals surface area contributed by atoms with Crippen molar-refractivity contribution in [2.45, 2.75) is 18.9 Å². The van der Waals surface area contributed by atoms with Crippen molar-refractivity contribution in [3.05, 3.63) is 84.2 Å². The number of methoxy groups -OCH3 is 1. The van der Waals surface area contributed by atoms with Crippen LogP contribution in [0.4, 0.5) is 8.78 Å². The summed E-state index contributed by atoms with van der Waals surface area (Å²) in [7, 11) is 1.36. The number of rotatable bonds is 5. The molecule has 2 aromatic heterocycles. The number of hydrogen-bond acceptors (Lipinski definition) is 4. The van der Waals surface area contributed by atoms with E-state index in [1.54, 1.807) is 41.1 Å². The van der Waals surface area contributed by atoms with Crippen LogP contribution >= 0.6 is 0 Å². The Hall–Kier alpha value is -4.07. The van der Waals surface area contributed by atoms with Crippen molar-refractivity contribution in [3.8, 4) is 22.4 Å². The van der Waals surface area contributed by atoms with Crippen LogP contribution < -0.4 is 5.32 Å². The molecule has 34 heavy (non-hydrogen) atoms. The van der Waals surface area contributed by atoms with E-state index in [0.717, 1.165) is 6.07 Å². The number of benzene rings is 2. The Kier molecular flexibility index (Phi) is 5.57. The Balaban J connectivity index is 1.40. The molecule has 2 aromatic carbocycles. The van der Waals surface area contributed by atoms with Gasteiger partial charge in [0.25, 0.3) is 5.91 Å². The molecule has 6 nitrogen and oxygen atoms in total. The van der Waals surface area contributed by atoms with Crippen molar-refractivity contribution >= 4 is 17.5 Å². The van der Waals surface area contributed by atoms with Gasteiger partial charge in [-0.2, -0.15) is 0 Å². The van der Waals surface area contributed by atoms with E-state index >= 15 is 0 Å². The molecule has 172 valence electrons. The molecule has 0 radical (unpaired) electrons. The first-order valence-electron chi connectivity index (χ1n) is 10.8. The molecule has 0 saturated heterocycles. The molecule has 8 heteroatoms. The molecule has 0 aliphatic heterocycles. The highest BCUT2D eigenvalue weighted by Gasteiger charge is 2.36. The second kappa shape index (κ2) is 8.70. The Morgan fingerprint density at radius 2 is 1.79 bits per heavy atom. The topological polar surface area (TPSA) is 72.7 Å². The third-order valence-corrected chi connectivity index (χ3v) is 6.15. The molecular formula is C26H21F2N3O3. The first-order chi connectivity index (χ1) is 16.4. The molecule has 1 N–H and O–H groups in total. The number of pyridine rings is 1. The van der Waals surface area contributed by atoms with Crippen LogP contribution in [0.15, 0.2) is 67.0 Å². The quantitative estimate of drug-likeness (QED) is 0.440. The number of fused-ring (bicyclic) bond motifs is 1. The minimum Gasteiger partial charge on any atom is -0.469 e. The zero-order valence-corrected chi connectivity index (χ0v) is 18.3. The molecular weight excluding hydrogens is 440 g/mol. The molecule has 0 atom stereocenters. The zero-order chi connectivity index (χ0) is 23.8. The van der Waals surface area contributed by atoms with E-state index in [2.05, 4.69) is 10.3 Å². The van der Waals surface area contributed by atoms with Crippen molar-refractivity contribution in [2.24, 2.45) is 5.92 Å². The van der Waals surface area contributed by atoms with E-state index in [4.69, 9.17) is 4.74 Å². The summed E-state index contributed by atoms with van der Waals surface area (Å²) < 4.78 is 34.4. The maximum atomic E-state index is 14.5. The minimum absolute atomic E-state index is 0.0689. The number of halogens is 2. The third-order valence-electron chi connectivity index (χ3n) is 6.15.